The maximum Gasteiger partial charge on any atom is 0.201 e. The van der Waals surface area contributed by atoms with Crippen molar-refractivity contribution in [1.29, 1.82) is 0 Å². The first-order chi connectivity index (χ1) is 16.0. The van der Waals surface area contributed by atoms with Crippen molar-refractivity contribution in [1.82, 2.24) is 0 Å². The Bertz CT molecular complexity index is 1090. The van der Waals surface area contributed by atoms with Gasteiger partial charge in [0, 0.05) is 5.56 Å². The van der Waals surface area contributed by atoms with Crippen molar-refractivity contribution in [2.45, 2.75) is 38.5 Å². The van der Waals surface area contributed by atoms with Crippen LogP contribution in [0.3, 0.4) is 0 Å². The summed E-state index contributed by atoms with van der Waals surface area (Å²) in [6, 6.07) is 14.0. The van der Waals surface area contributed by atoms with Crippen molar-refractivity contribution in [3.63, 3.8) is 0 Å². The summed E-state index contributed by atoms with van der Waals surface area (Å²) in [5, 5.41) is 9.38. The van der Waals surface area contributed by atoms with Crippen LogP contribution in [0.2, 0.25) is 0 Å². The monoisotopic (exact) mass is 456 g/mol. The standard InChI is InChI=1S/C27H27F3O3/c1-2-32-24-13-9-20(15-23(24)28)18-5-3-17(4-6-18)16-33-25-14-12-22(26(29)27(25)30)19-7-10-21(31)11-8-19/h7-15,17-18,31H,2-6,16H2,1H3. The molecule has 4 rings (SSSR count). The van der Waals surface area contributed by atoms with Crippen molar-refractivity contribution in [3.05, 3.63) is 77.6 Å². The van der Waals surface area contributed by atoms with Gasteiger partial charge in [0.25, 0.3) is 0 Å². The summed E-state index contributed by atoms with van der Waals surface area (Å²) in [6.07, 6.45) is 3.51. The minimum atomic E-state index is -1.01. The molecule has 1 fully saturated rings. The highest BCUT2D eigenvalue weighted by Crippen LogP contribution is 2.38. The lowest BCUT2D eigenvalue weighted by molar-refractivity contribution is 0.192. The molecule has 3 aromatic carbocycles. The molecule has 1 N–H and O–H groups in total. The molecule has 3 aromatic rings. The number of ether oxygens (including phenoxy) is 2. The number of hydrogen-bond acceptors (Lipinski definition) is 3. The van der Waals surface area contributed by atoms with E-state index in [0.29, 0.717) is 18.8 Å². The van der Waals surface area contributed by atoms with E-state index in [0.717, 1.165) is 31.2 Å². The van der Waals surface area contributed by atoms with Crippen LogP contribution in [0.15, 0.2) is 54.6 Å². The maximum absolute atomic E-state index is 14.6. The first-order valence-corrected chi connectivity index (χ1v) is 11.3. The van der Waals surface area contributed by atoms with Gasteiger partial charge in [-0.3, -0.25) is 0 Å². The van der Waals surface area contributed by atoms with E-state index in [1.54, 1.807) is 12.1 Å². The fourth-order valence-corrected chi connectivity index (χ4v) is 4.42. The van der Waals surface area contributed by atoms with Gasteiger partial charge >= 0.3 is 0 Å². The molecule has 1 saturated carbocycles. The van der Waals surface area contributed by atoms with Crippen molar-refractivity contribution in [2.75, 3.05) is 13.2 Å². The highest BCUT2D eigenvalue weighted by Gasteiger charge is 2.24. The molecule has 0 unspecified atom stereocenters. The van der Waals surface area contributed by atoms with E-state index in [-0.39, 0.29) is 40.5 Å². The number of rotatable bonds is 7. The van der Waals surface area contributed by atoms with Crippen LogP contribution < -0.4 is 9.47 Å². The summed E-state index contributed by atoms with van der Waals surface area (Å²) >= 11 is 0. The zero-order chi connectivity index (χ0) is 23.4. The van der Waals surface area contributed by atoms with Crippen molar-refractivity contribution >= 4 is 0 Å². The zero-order valence-electron chi connectivity index (χ0n) is 18.5. The molecule has 0 radical (unpaired) electrons. The predicted molar refractivity (Wildman–Crippen MR) is 121 cm³/mol. The second-order valence-electron chi connectivity index (χ2n) is 8.44. The van der Waals surface area contributed by atoms with E-state index < -0.39 is 11.6 Å². The van der Waals surface area contributed by atoms with Gasteiger partial charge in [-0.05, 0) is 92.0 Å². The Morgan fingerprint density at radius 3 is 2.18 bits per heavy atom. The lowest BCUT2D eigenvalue weighted by Crippen LogP contribution is -2.19. The van der Waals surface area contributed by atoms with E-state index in [1.165, 1.54) is 36.4 Å². The van der Waals surface area contributed by atoms with Crippen molar-refractivity contribution in [3.8, 4) is 28.4 Å². The highest BCUT2D eigenvalue weighted by molar-refractivity contribution is 5.66. The topological polar surface area (TPSA) is 38.7 Å². The van der Waals surface area contributed by atoms with Gasteiger partial charge in [-0.15, -0.1) is 0 Å². The number of phenolic OH excluding ortho intramolecular Hbond substituents is 1. The minimum absolute atomic E-state index is 0.0574. The molecule has 0 aromatic heterocycles. The molecular formula is C27H27F3O3. The molecule has 0 atom stereocenters. The quantitative estimate of drug-likeness (QED) is 0.408. The number of phenols is 1. The van der Waals surface area contributed by atoms with Gasteiger partial charge < -0.3 is 14.6 Å². The predicted octanol–water partition coefficient (Wildman–Crippen LogP) is 7.23. The molecule has 0 spiro atoms. The van der Waals surface area contributed by atoms with Gasteiger partial charge in [0.15, 0.2) is 23.1 Å². The van der Waals surface area contributed by atoms with Crippen molar-refractivity contribution < 1.29 is 27.8 Å². The molecule has 3 nitrogen and oxygen atoms in total. The summed E-state index contributed by atoms with van der Waals surface area (Å²) in [7, 11) is 0. The van der Waals surface area contributed by atoms with Gasteiger partial charge in [-0.2, -0.15) is 4.39 Å². The maximum atomic E-state index is 14.6. The smallest absolute Gasteiger partial charge is 0.201 e. The molecule has 0 aliphatic heterocycles. The van der Waals surface area contributed by atoms with Gasteiger partial charge in [0.05, 0.1) is 13.2 Å². The summed E-state index contributed by atoms with van der Waals surface area (Å²) in [6.45, 7) is 2.55. The first kappa shape index (κ1) is 23.0. The van der Waals surface area contributed by atoms with Crippen LogP contribution >= 0.6 is 0 Å². The van der Waals surface area contributed by atoms with E-state index in [2.05, 4.69) is 0 Å². The fraction of sp³-hybridized carbons (Fsp3) is 0.333. The van der Waals surface area contributed by atoms with E-state index in [9.17, 15) is 18.3 Å². The number of hydrogen-bond donors (Lipinski definition) is 1. The average molecular weight is 457 g/mol. The van der Waals surface area contributed by atoms with Crippen LogP contribution in [0.4, 0.5) is 13.2 Å². The molecule has 0 saturated heterocycles. The zero-order valence-corrected chi connectivity index (χ0v) is 18.5. The minimum Gasteiger partial charge on any atom is -0.508 e. The van der Waals surface area contributed by atoms with Crippen LogP contribution in [0, 0.1) is 23.4 Å². The molecule has 6 heteroatoms. The second kappa shape index (κ2) is 10.2. The molecular weight excluding hydrogens is 429 g/mol. The van der Waals surface area contributed by atoms with Gasteiger partial charge in [0.2, 0.25) is 5.82 Å². The second-order valence-corrected chi connectivity index (χ2v) is 8.44. The average Bonchev–Trinajstić information content (AvgIpc) is 2.82. The van der Waals surface area contributed by atoms with Gasteiger partial charge in [-0.25, -0.2) is 8.78 Å². The molecule has 1 aliphatic rings. The van der Waals surface area contributed by atoms with E-state index in [4.69, 9.17) is 9.47 Å². The SMILES string of the molecule is CCOc1ccc(C2CCC(COc3ccc(-c4ccc(O)cc4)c(F)c3F)CC2)cc1F. The van der Waals surface area contributed by atoms with Crippen LogP contribution in [-0.4, -0.2) is 18.3 Å². The Morgan fingerprint density at radius 2 is 1.52 bits per heavy atom. The Morgan fingerprint density at radius 1 is 0.818 bits per heavy atom. The number of aromatic hydroxyl groups is 1. The fourth-order valence-electron chi connectivity index (χ4n) is 4.42. The normalized spacial score (nSPS) is 18.2. The van der Waals surface area contributed by atoms with Gasteiger partial charge in [0.1, 0.15) is 5.75 Å². The largest absolute Gasteiger partial charge is 0.508 e. The lowest BCUT2D eigenvalue weighted by atomic mass is 9.79. The first-order valence-electron chi connectivity index (χ1n) is 11.3. The molecule has 1 aliphatic carbocycles. The number of benzene rings is 3. The van der Waals surface area contributed by atoms with Gasteiger partial charge in [-0.1, -0.05) is 18.2 Å². The third-order valence-electron chi connectivity index (χ3n) is 6.27. The number of halogens is 3. The van der Waals surface area contributed by atoms with E-state index in [1.807, 2.05) is 13.0 Å². The summed E-state index contributed by atoms with van der Waals surface area (Å²) in [4.78, 5) is 0. The summed E-state index contributed by atoms with van der Waals surface area (Å²) in [5.41, 5.74) is 1.55. The summed E-state index contributed by atoms with van der Waals surface area (Å²) in [5.74, 6) is -1.61. The third kappa shape index (κ3) is 5.27. The van der Waals surface area contributed by atoms with Crippen LogP contribution in [0.1, 0.15) is 44.1 Å². The Hall–Kier alpha value is -3.15. The third-order valence-corrected chi connectivity index (χ3v) is 6.27. The molecule has 0 amide bonds. The summed E-state index contributed by atoms with van der Waals surface area (Å²) < 4.78 is 54.3. The Balaban J connectivity index is 1.34. The molecule has 33 heavy (non-hydrogen) atoms. The Kier molecular flexibility index (Phi) is 7.11. The van der Waals surface area contributed by atoms with Crippen LogP contribution in [0.5, 0.6) is 17.2 Å². The molecule has 174 valence electrons. The molecule has 0 bridgehead atoms. The van der Waals surface area contributed by atoms with Crippen LogP contribution in [-0.2, 0) is 0 Å². The van der Waals surface area contributed by atoms with Crippen LogP contribution in [0.25, 0.3) is 11.1 Å². The van der Waals surface area contributed by atoms with E-state index >= 15 is 0 Å². The van der Waals surface area contributed by atoms with Crippen molar-refractivity contribution in [2.24, 2.45) is 5.92 Å². The molecule has 0 heterocycles. The highest BCUT2D eigenvalue weighted by atomic mass is 19.2. The lowest BCUT2D eigenvalue weighted by Gasteiger charge is -2.29. The Labute approximate surface area is 191 Å².